The Kier molecular flexibility index (Phi) is 4.16. The number of rotatable bonds is 3. The summed E-state index contributed by atoms with van der Waals surface area (Å²) in [6.07, 6.45) is 6.29. The zero-order valence-corrected chi connectivity index (χ0v) is 11.9. The number of aromatic nitrogens is 1. The van der Waals surface area contributed by atoms with E-state index in [-0.39, 0.29) is 5.56 Å². The molecule has 1 N–H and O–H groups in total. The van der Waals surface area contributed by atoms with Gasteiger partial charge in [-0.25, -0.2) is 0 Å². The molecular weight excluding hydrogens is 248 g/mol. The summed E-state index contributed by atoms with van der Waals surface area (Å²) < 4.78 is 0. The van der Waals surface area contributed by atoms with E-state index < -0.39 is 0 Å². The van der Waals surface area contributed by atoms with Crippen LogP contribution in [-0.4, -0.2) is 29.5 Å². The molecule has 2 heterocycles. The van der Waals surface area contributed by atoms with Crippen LogP contribution in [0.3, 0.4) is 0 Å². The first-order valence-electron chi connectivity index (χ1n) is 7.66. The van der Waals surface area contributed by atoms with E-state index in [0.29, 0.717) is 0 Å². The molecule has 3 heteroatoms. The molecule has 1 aromatic carbocycles. The highest BCUT2D eigenvalue weighted by molar-refractivity contribution is 5.81. The van der Waals surface area contributed by atoms with Gasteiger partial charge in [0.1, 0.15) is 0 Å². The summed E-state index contributed by atoms with van der Waals surface area (Å²) in [6.45, 7) is 3.46. The highest BCUT2D eigenvalue weighted by atomic mass is 16.1. The van der Waals surface area contributed by atoms with Gasteiger partial charge in [-0.05, 0) is 43.5 Å². The third-order valence-electron chi connectivity index (χ3n) is 4.21. The first-order chi connectivity index (χ1) is 9.83. The van der Waals surface area contributed by atoms with E-state index in [0.717, 1.165) is 29.4 Å². The highest BCUT2D eigenvalue weighted by Crippen LogP contribution is 2.12. The number of nitrogens with zero attached hydrogens (tertiary/aromatic N) is 1. The highest BCUT2D eigenvalue weighted by Gasteiger charge is 2.09. The van der Waals surface area contributed by atoms with Gasteiger partial charge in [0.25, 0.3) is 5.56 Å². The van der Waals surface area contributed by atoms with Crippen molar-refractivity contribution in [3.05, 3.63) is 46.4 Å². The predicted molar refractivity (Wildman–Crippen MR) is 83.2 cm³/mol. The number of hydrogen-bond acceptors (Lipinski definition) is 2. The predicted octanol–water partition coefficient (Wildman–Crippen LogP) is 2.95. The van der Waals surface area contributed by atoms with Crippen LogP contribution in [0.2, 0.25) is 0 Å². The largest absolute Gasteiger partial charge is 0.326 e. The van der Waals surface area contributed by atoms with Crippen molar-refractivity contribution < 1.29 is 0 Å². The van der Waals surface area contributed by atoms with Gasteiger partial charge in [-0.3, -0.25) is 4.79 Å². The fourth-order valence-corrected chi connectivity index (χ4v) is 3.04. The van der Waals surface area contributed by atoms with Gasteiger partial charge in [0.2, 0.25) is 0 Å². The van der Waals surface area contributed by atoms with Crippen LogP contribution in [0.25, 0.3) is 10.8 Å². The molecule has 2 aromatic rings. The second-order valence-electron chi connectivity index (χ2n) is 5.72. The van der Waals surface area contributed by atoms with E-state index in [4.69, 9.17) is 0 Å². The average molecular weight is 270 g/mol. The molecular formula is C17H22N2O. The molecule has 20 heavy (non-hydrogen) atoms. The maximum Gasteiger partial charge on any atom is 0.256 e. The normalized spacial score (nSPS) is 17.2. The third-order valence-corrected chi connectivity index (χ3v) is 4.21. The molecule has 0 radical (unpaired) electrons. The molecule has 1 saturated heterocycles. The minimum absolute atomic E-state index is 0.0361. The SMILES string of the molecule is O=c1[nH]c(CCN2CCCCCC2)cc2ccccc12. The van der Waals surface area contributed by atoms with Crippen molar-refractivity contribution in [2.75, 3.05) is 19.6 Å². The van der Waals surface area contributed by atoms with Gasteiger partial charge in [-0.15, -0.1) is 0 Å². The van der Waals surface area contributed by atoms with Gasteiger partial charge in [-0.2, -0.15) is 0 Å². The van der Waals surface area contributed by atoms with Crippen molar-refractivity contribution in [3.63, 3.8) is 0 Å². The molecule has 0 amide bonds. The third kappa shape index (κ3) is 3.10. The van der Waals surface area contributed by atoms with Crippen LogP contribution in [0.15, 0.2) is 35.1 Å². The van der Waals surface area contributed by atoms with Crippen molar-refractivity contribution in [2.24, 2.45) is 0 Å². The average Bonchev–Trinajstić information content (AvgIpc) is 2.74. The number of H-pyrrole nitrogens is 1. The summed E-state index contributed by atoms with van der Waals surface area (Å²) >= 11 is 0. The lowest BCUT2D eigenvalue weighted by Gasteiger charge is -2.19. The molecule has 0 atom stereocenters. The van der Waals surface area contributed by atoms with Crippen molar-refractivity contribution in [1.29, 1.82) is 0 Å². The van der Waals surface area contributed by atoms with E-state index in [1.807, 2.05) is 24.3 Å². The number of fused-ring (bicyclic) bond motifs is 1. The second kappa shape index (κ2) is 6.23. The quantitative estimate of drug-likeness (QED) is 0.931. The van der Waals surface area contributed by atoms with Crippen LogP contribution in [0.5, 0.6) is 0 Å². The molecule has 0 bridgehead atoms. The number of benzene rings is 1. The molecule has 0 spiro atoms. The Balaban J connectivity index is 1.72. The lowest BCUT2D eigenvalue weighted by Crippen LogP contribution is -2.27. The Hall–Kier alpha value is -1.61. The van der Waals surface area contributed by atoms with E-state index in [1.54, 1.807) is 0 Å². The Bertz CT molecular complexity index is 624. The molecule has 0 saturated carbocycles. The zero-order chi connectivity index (χ0) is 13.8. The lowest BCUT2D eigenvalue weighted by molar-refractivity contribution is 0.288. The first-order valence-corrected chi connectivity index (χ1v) is 7.66. The Labute approximate surface area is 119 Å². The standard InChI is InChI=1S/C17H22N2O/c20-17-16-8-4-3-7-14(16)13-15(18-17)9-12-19-10-5-1-2-6-11-19/h3-4,7-8,13H,1-2,5-6,9-12H2,(H,18,20). The monoisotopic (exact) mass is 270 g/mol. The molecule has 0 aliphatic carbocycles. The molecule has 1 aliphatic heterocycles. The smallest absolute Gasteiger partial charge is 0.256 e. The molecule has 1 aromatic heterocycles. The van der Waals surface area contributed by atoms with Crippen molar-refractivity contribution in [1.82, 2.24) is 9.88 Å². The van der Waals surface area contributed by atoms with Gasteiger partial charge >= 0.3 is 0 Å². The van der Waals surface area contributed by atoms with Gasteiger partial charge in [0.15, 0.2) is 0 Å². The van der Waals surface area contributed by atoms with E-state index in [2.05, 4.69) is 16.0 Å². The summed E-state index contributed by atoms with van der Waals surface area (Å²) in [4.78, 5) is 17.6. The summed E-state index contributed by atoms with van der Waals surface area (Å²) in [5.41, 5.74) is 1.09. The summed E-state index contributed by atoms with van der Waals surface area (Å²) in [5.74, 6) is 0. The van der Waals surface area contributed by atoms with E-state index in [1.165, 1.54) is 38.8 Å². The number of aromatic amines is 1. The van der Waals surface area contributed by atoms with Crippen LogP contribution in [0.4, 0.5) is 0 Å². The minimum Gasteiger partial charge on any atom is -0.326 e. The minimum atomic E-state index is 0.0361. The number of nitrogens with one attached hydrogen (secondary N) is 1. The lowest BCUT2D eigenvalue weighted by atomic mass is 10.1. The van der Waals surface area contributed by atoms with Crippen molar-refractivity contribution in [2.45, 2.75) is 32.1 Å². The molecule has 0 unspecified atom stereocenters. The van der Waals surface area contributed by atoms with E-state index in [9.17, 15) is 4.79 Å². The fraction of sp³-hybridized carbons (Fsp3) is 0.471. The topological polar surface area (TPSA) is 36.1 Å². The van der Waals surface area contributed by atoms with Crippen molar-refractivity contribution >= 4 is 10.8 Å². The number of hydrogen-bond donors (Lipinski definition) is 1. The molecule has 1 aliphatic rings. The van der Waals surface area contributed by atoms with Crippen LogP contribution >= 0.6 is 0 Å². The number of pyridine rings is 1. The maximum absolute atomic E-state index is 12.0. The first kappa shape index (κ1) is 13.4. The maximum atomic E-state index is 12.0. The van der Waals surface area contributed by atoms with Gasteiger partial charge in [0, 0.05) is 24.0 Å². The zero-order valence-electron chi connectivity index (χ0n) is 11.9. The summed E-state index contributed by atoms with van der Waals surface area (Å²) in [7, 11) is 0. The molecule has 1 fully saturated rings. The van der Waals surface area contributed by atoms with E-state index >= 15 is 0 Å². The van der Waals surface area contributed by atoms with Crippen LogP contribution in [-0.2, 0) is 6.42 Å². The van der Waals surface area contributed by atoms with Gasteiger partial charge in [0.05, 0.1) is 0 Å². The number of likely N-dealkylation sites (tertiary alicyclic amines) is 1. The van der Waals surface area contributed by atoms with Crippen LogP contribution < -0.4 is 5.56 Å². The summed E-state index contributed by atoms with van der Waals surface area (Å²) in [5, 5.41) is 1.83. The molecule has 3 rings (SSSR count). The second-order valence-corrected chi connectivity index (χ2v) is 5.72. The van der Waals surface area contributed by atoms with Crippen LogP contribution in [0, 0.1) is 0 Å². The molecule has 106 valence electrons. The Morgan fingerprint density at radius 2 is 1.80 bits per heavy atom. The fourth-order valence-electron chi connectivity index (χ4n) is 3.04. The van der Waals surface area contributed by atoms with Crippen molar-refractivity contribution in [3.8, 4) is 0 Å². The summed E-state index contributed by atoms with van der Waals surface area (Å²) in [6, 6.07) is 9.91. The molecule has 3 nitrogen and oxygen atoms in total. The Morgan fingerprint density at radius 3 is 2.60 bits per heavy atom. The van der Waals surface area contributed by atoms with Gasteiger partial charge < -0.3 is 9.88 Å². The Morgan fingerprint density at radius 1 is 1.05 bits per heavy atom. The van der Waals surface area contributed by atoms with Gasteiger partial charge in [-0.1, -0.05) is 31.0 Å². The van der Waals surface area contributed by atoms with Crippen LogP contribution in [0.1, 0.15) is 31.4 Å².